The first-order valence-corrected chi connectivity index (χ1v) is 26.0. The van der Waals surface area contributed by atoms with Crippen LogP contribution in [0.2, 0.25) is 0 Å². The first kappa shape index (κ1) is 72.6. The average Bonchev–Trinajstić information content (AvgIpc) is 3.89. The quantitative estimate of drug-likeness (QED) is 0.0337. The second-order valence-electron chi connectivity index (χ2n) is 18.1. The number of aliphatic hydroxyl groups is 1. The Morgan fingerprint density at radius 1 is 0.680 bits per heavy atom. The van der Waals surface area contributed by atoms with Crippen molar-refractivity contribution in [3.05, 3.63) is 25.3 Å². The van der Waals surface area contributed by atoms with Gasteiger partial charge in [0.25, 0.3) is 8.97 Å². The number of fused-ring (bicyclic) bond motifs is 2. The van der Waals surface area contributed by atoms with E-state index in [1.54, 1.807) is 98.5 Å². The van der Waals surface area contributed by atoms with Crippen molar-refractivity contribution in [2.75, 3.05) is 37.4 Å². The molecular weight excluding hydrogens is 1100 g/mol. The molecule has 429 valence electrons. The van der Waals surface area contributed by atoms with Gasteiger partial charge in [-0.2, -0.15) is 0 Å². The van der Waals surface area contributed by atoms with Gasteiger partial charge in [0.05, 0.1) is 62.4 Å². The molecule has 0 saturated carbocycles. The summed E-state index contributed by atoms with van der Waals surface area (Å²) >= 11 is 0. The van der Waals surface area contributed by atoms with Crippen LogP contribution in [0, 0.1) is 0 Å². The summed E-state index contributed by atoms with van der Waals surface area (Å²) in [6, 6.07) is 0. The van der Waals surface area contributed by atoms with Crippen molar-refractivity contribution in [1.82, 2.24) is 44.1 Å². The van der Waals surface area contributed by atoms with E-state index in [9.17, 15) is 28.3 Å². The van der Waals surface area contributed by atoms with Crippen LogP contribution in [-0.4, -0.2) is 153 Å². The Morgan fingerprint density at radius 2 is 1.07 bits per heavy atom. The summed E-state index contributed by atoms with van der Waals surface area (Å²) < 4.78 is 76.7. The van der Waals surface area contributed by atoms with Gasteiger partial charge >= 0.3 is 31.5 Å². The van der Waals surface area contributed by atoms with Crippen LogP contribution in [0.4, 0.5) is 16.4 Å². The van der Waals surface area contributed by atoms with Crippen molar-refractivity contribution in [2.24, 2.45) is 5.73 Å². The fourth-order valence-electron chi connectivity index (χ4n) is 5.23. The normalized spacial score (nSPS) is 13.1. The maximum Gasteiger partial charge on any atom is 0.350 e. The minimum atomic E-state index is -4.16. The molecule has 4 aromatic rings. The zero-order valence-corrected chi connectivity index (χ0v) is 48.6. The van der Waals surface area contributed by atoms with Crippen molar-refractivity contribution in [3.8, 4) is 0 Å². The number of aliphatic hydroxyl groups excluding tert-OH is 1. The number of nitrogens with zero attached hydrogens (tertiary/aromatic N) is 8. The van der Waals surface area contributed by atoms with E-state index in [4.69, 9.17) is 65.0 Å². The number of rotatable bonds is 22. The Kier molecular flexibility index (Phi) is 33.2. The van der Waals surface area contributed by atoms with Gasteiger partial charge in [-0.25, -0.2) is 44.6 Å². The van der Waals surface area contributed by atoms with E-state index in [0.29, 0.717) is 35.4 Å². The van der Waals surface area contributed by atoms with Crippen LogP contribution in [0.3, 0.4) is 0 Å². The number of halogens is 2. The predicted molar refractivity (Wildman–Crippen MR) is 273 cm³/mol. The topological polar surface area (TPSA) is 405 Å². The van der Waals surface area contributed by atoms with Crippen molar-refractivity contribution >= 4 is 85.4 Å². The Hall–Kier alpha value is -4.48. The third kappa shape index (κ3) is 29.6. The summed E-state index contributed by atoms with van der Waals surface area (Å²) in [6.07, 6.45) is 2.88. The fourth-order valence-corrected chi connectivity index (χ4v) is 7.59. The van der Waals surface area contributed by atoms with Crippen LogP contribution in [0.5, 0.6) is 0 Å². The minimum Gasteiger partial charge on any atom is -0.462 e. The van der Waals surface area contributed by atoms with Crippen LogP contribution >= 0.6 is 27.5 Å². The third-order valence-electron chi connectivity index (χ3n) is 8.25. The van der Waals surface area contributed by atoms with Crippen LogP contribution in [0.1, 0.15) is 96.9 Å². The smallest absolute Gasteiger partial charge is 0.350 e. The van der Waals surface area contributed by atoms with Gasteiger partial charge in [-0.15, -0.1) is 12.4 Å². The van der Waals surface area contributed by atoms with E-state index in [0.717, 1.165) is 0 Å². The molecule has 28 nitrogen and oxygen atoms in total. The molecule has 4 heterocycles. The molecule has 0 fully saturated rings. The maximum atomic E-state index is 13.6. The molecule has 0 saturated heterocycles. The number of anilines is 2. The number of hydrogen-bond donors (Lipinski definition) is 7. The second kappa shape index (κ2) is 34.3. The minimum absolute atomic E-state index is 0. The van der Waals surface area contributed by atoms with E-state index in [-0.39, 0.29) is 73.0 Å². The van der Waals surface area contributed by atoms with Crippen LogP contribution in [0.15, 0.2) is 25.3 Å². The molecule has 1 radical (unpaired) electrons. The first-order chi connectivity index (χ1) is 34.1. The molecule has 33 heteroatoms. The van der Waals surface area contributed by atoms with Gasteiger partial charge in [-0.1, -0.05) is 0 Å². The van der Waals surface area contributed by atoms with Gasteiger partial charge in [-0.05, 0) is 96.9 Å². The molecule has 0 aliphatic carbocycles. The Labute approximate surface area is 454 Å². The van der Waals surface area contributed by atoms with Crippen molar-refractivity contribution < 1.29 is 99.4 Å². The summed E-state index contributed by atoms with van der Waals surface area (Å²) in [7, 11) is -8.04. The van der Waals surface area contributed by atoms with E-state index in [2.05, 4.69) is 41.2 Å². The average molecular weight is 1170 g/mol. The third-order valence-corrected chi connectivity index (χ3v) is 10.7. The zero-order chi connectivity index (χ0) is 57.4. The summed E-state index contributed by atoms with van der Waals surface area (Å²) in [5, 5.41) is 10.8. The number of ether oxygens (including phenoxy) is 6. The number of hydrogen-bond acceptors (Lipinski definition) is 23. The Bertz CT molecular complexity index is 2470. The van der Waals surface area contributed by atoms with Gasteiger partial charge in [0.2, 0.25) is 0 Å². The van der Waals surface area contributed by atoms with Gasteiger partial charge < -0.3 is 74.2 Å². The van der Waals surface area contributed by atoms with Crippen molar-refractivity contribution in [2.45, 2.75) is 158 Å². The van der Waals surface area contributed by atoms with E-state index in [1.807, 2.05) is 0 Å². The number of carbonyl (C=O) groups is 4. The van der Waals surface area contributed by atoms with E-state index >= 15 is 0 Å². The van der Waals surface area contributed by atoms with Gasteiger partial charge in [0.15, 0.2) is 29.5 Å². The van der Waals surface area contributed by atoms with Crippen LogP contribution in [0.25, 0.3) is 22.3 Å². The number of aromatic nitrogens is 8. The molecule has 4 aromatic heterocycles. The Morgan fingerprint density at radius 3 is 1.41 bits per heavy atom. The predicted octanol–water partition coefficient (Wildman–Crippen LogP) is 3.38. The van der Waals surface area contributed by atoms with E-state index < -0.39 is 82.2 Å². The van der Waals surface area contributed by atoms with Gasteiger partial charge in [-0.3, -0.25) is 23.4 Å². The number of esters is 4. The molecule has 0 amide bonds. The summed E-state index contributed by atoms with van der Waals surface area (Å²) in [6.45, 7) is 23.1. The van der Waals surface area contributed by atoms with Gasteiger partial charge in [0.1, 0.15) is 54.1 Å². The van der Waals surface area contributed by atoms with Crippen molar-refractivity contribution in [3.63, 3.8) is 0 Å². The molecule has 75 heavy (non-hydrogen) atoms. The SMILES string of the molecule is CC(C)OC(=O)C(C)(C)N.CC(C)OC(=O)CO.CC(C)OC(=O)COP(=O)(CO[C@H](C)Cn1cnc2c(N)ncnc21)NC(C)(C)C(=O)OC(C)C.C[C@H](Cn1cnc2c(N)ncnc21)OCP(=O)(O)O.Cl.[3H]F.[V]. The summed E-state index contributed by atoms with van der Waals surface area (Å²) in [5.41, 5.74) is 16.7. The number of carbonyl (C=O) groups excluding carboxylic acids is 4. The summed E-state index contributed by atoms with van der Waals surface area (Å²) in [5.74, 6) is -1.71. The molecule has 10 N–H and O–H groups in total. The standard InChI is InChI=1S/C21H35N6O7P.C9H14N5O4P.C7H15NO2.C5H10O3.ClH.FH.V/c1-13(2)33-16(28)9-32-35(30,26-21(6,7)20(29)34-14(3)4)12-31-15(5)8-27-11-25-17-18(22)23-10-24-19(17)27;1-6(18-5-19(15,16)17)2-14-4-13-7-8(10)11-3-12-9(7)14;1-5(2)10-6(9)7(3,4)8;1-4(2)8-5(7)3-6;;;/h10-11,13-15H,8-9,12H2,1-7H3,(H,26,30)(H2,22,23,24);3-4,6H,2,5H2,1H3,(H2,10,11,12)(H2,15,16,17);5H,8H2,1-4H3;4,6H,3H2,1-2H3;2*1H;/t15-,35?;6-;;;;;/m11...../s1/i/hT. The molecule has 4 rings (SSSR count). The molecule has 1 unspecified atom stereocenters. The zero-order valence-electron chi connectivity index (χ0n) is 45.6. The molecule has 0 bridgehead atoms. The first-order valence-electron chi connectivity index (χ1n) is 22.8. The van der Waals surface area contributed by atoms with Crippen LogP contribution in [-0.2, 0) is 92.9 Å². The molecule has 0 aromatic carbocycles. The molecule has 3 atom stereocenters. The number of nitrogens with two attached hydrogens (primary N) is 3. The van der Waals surface area contributed by atoms with E-state index in [1.165, 1.54) is 32.8 Å². The molecule has 0 aliphatic rings. The Balaban J connectivity index is -0.00000108. The van der Waals surface area contributed by atoms with Crippen molar-refractivity contribution in [1.29, 1.82) is 1.45 Å². The number of nitrogens with one attached hydrogen (secondary N) is 1. The molecule has 0 aliphatic heterocycles. The number of imidazole rings is 2. The summed E-state index contributed by atoms with van der Waals surface area (Å²) in [4.78, 5) is 87.3. The number of nitrogen functional groups attached to an aromatic ring is 2. The molecular formula is C42H76ClFN12O16P2V. The molecule has 0 spiro atoms. The van der Waals surface area contributed by atoms with Crippen LogP contribution < -0.4 is 22.3 Å². The fraction of sp³-hybridized carbons (Fsp3) is 0.667. The van der Waals surface area contributed by atoms with Gasteiger partial charge in [0, 0.05) is 18.6 Å². The monoisotopic (exact) mass is 1170 g/mol. The largest absolute Gasteiger partial charge is 0.462 e. The maximum absolute atomic E-state index is 13.6. The second-order valence-corrected chi connectivity index (χ2v) is 21.8.